The summed E-state index contributed by atoms with van der Waals surface area (Å²) < 4.78 is 27.7. The molecule has 0 bridgehead atoms. The van der Waals surface area contributed by atoms with E-state index in [1.165, 1.54) is 6.07 Å². The summed E-state index contributed by atoms with van der Waals surface area (Å²) >= 11 is 5.90. The van der Waals surface area contributed by atoms with Crippen LogP contribution in [0.2, 0.25) is 5.02 Å². The van der Waals surface area contributed by atoms with Gasteiger partial charge in [-0.3, -0.25) is 0 Å². The standard InChI is InChI=1S/C14H21ClN2O2S/c1-10-3-4-11(15)9-14(10)20(18,19)17-13-7-5-12(16-2)6-8-13/h3-4,9,12-13,16-17H,5-8H2,1-2H3. The summed E-state index contributed by atoms with van der Waals surface area (Å²) in [5.41, 5.74) is 0.714. The summed E-state index contributed by atoms with van der Waals surface area (Å²) in [5, 5.41) is 3.68. The van der Waals surface area contributed by atoms with E-state index in [0.29, 0.717) is 16.6 Å². The fourth-order valence-corrected chi connectivity index (χ4v) is 4.46. The first-order valence-corrected chi connectivity index (χ1v) is 8.74. The van der Waals surface area contributed by atoms with Gasteiger partial charge in [0.25, 0.3) is 0 Å². The minimum Gasteiger partial charge on any atom is -0.317 e. The van der Waals surface area contributed by atoms with Crippen molar-refractivity contribution in [3.8, 4) is 0 Å². The molecule has 0 atom stereocenters. The molecule has 112 valence electrons. The molecule has 0 heterocycles. The van der Waals surface area contributed by atoms with Gasteiger partial charge in [0.15, 0.2) is 0 Å². The van der Waals surface area contributed by atoms with Gasteiger partial charge in [-0.2, -0.15) is 0 Å². The van der Waals surface area contributed by atoms with E-state index in [2.05, 4.69) is 10.0 Å². The van der Waals surface area contributed by atoms with Crippen LogP contribution < -0.4 is 10.0 Å². The number of aryl methyl sites for hydroxylation is 1. The highest BCUT2D eigenvalue weighted by molar-refractivity contribution is 7.89. The van der Waals surface area contributed by atoms with Gasteiger partial charge in [-0.15, -0.1) is 0 Å². The van der Waals surface area contributed by atoms with Crippen molar-refractivity contribution in [2.75, 3.05) is 7.05 Å². The zero-order valence-electron chi connectivity index (χ0n) is 11.8. The van der Waals surface area contributed by atoms with Crippen LogP contribution in [-0.2, 0) is 10.0 Å². The van der Waals surface area contributed by atoms with Gasteiger partial charge in [0.1, 0.15) is 0 Å². The number of sulfonamides is 1. The first-order chi connectivity index (χ1) is 9.42. The van der Waals surface area contributed by atoms with Crippen molar-refractivity contribution in [1.82, 2.24) is 10.0 Å². The summed E-state index contributed by atoms with van der Waals surface area (Å²) in [6.07, 6.45) is 3.73. The molecule has 0 aliphatic heterocycles. The summed E-state index contributed by atoms with van der Waals surface area (Å²) in [6.45, 7) is 1.78. The Morgan fingerprint density at radius 2 is 1.75 bits per heavy atom. The van der Waals surface area contributed by atoms with Gasteiger partial charge >= 0.3 is 0 Å². The molecule has 2 N–H and O–H groups in total. The van der Waals surface area contributed by atoms with Gasteiger partial charge in [-0.05, 0) is 57.4 Å². The van der Waals surface area contributed by atoms with Crippen LogP contribution in [0.25, 0.3) is 0 Å². The van der Waals surface area contributed by atoms with Crippen molar-refractivity contribution in [3.63, 3.8) is 0 Å². The van der Waals surface area contributed by atoms with Crippen molar-refractivity contribution < 1.29 is 8.42 Å². The molecular formula is C14H21ClN2O2S. The number of hydrogen-bond acceptors (Lipinski definition) is 3. The average Bonchev–Trinajstić information content (AvgIpc) is 2.42. The van der Waals surface area contributed by atoms with Gasteiger partial charge in [-0.1, -0.05) is 17.7 Å². The van der Waals surface area contributed by atoms with Crippen molar-refractivity contribution >= 4 is 21.6 Å². The van der Waals surface area contributed by atoms with E-state index in [9.17, 15) is 8.42 Å². The second-order valence-corrected chi connectivity index (χ2v) is 7.49. The highest BCUT2D eigenvalue weighted by Gasteiger charge is 2.26. The van der Waals surface area contributed by atoms with Crippen molar-refractivity contribution in [3.05, 3.63) is 28.8 Å². The SMILES string of the molecule is CNC1CCC(NS(=O)(=O)c2cc(Cl)ccc2C)CC1. The van der Waals surface area contributed by atoms with Crippen LogP contribution in [0.3, 0.4) is 0 Å². The quantitative estimate of drug-likeness (QED) is 0.897. The van der Waals surface area contributed by atoms with E-state index >= 15 is 0 Å². The maximum absolute atomic E-state index is 12.4. The third-order valence-electron chi connectivity index (χ3n) is 3.90. The van der Waals surface area contributed by atoms with E-state index < -0.39 is 10.0 Å². The minimum atomic E-state index is -3.49. The maximum atomic E-state index is 12.4. The largest absolute Gasteiger partial charge is 0.317 e. The molecule has 0 amide bonds. The Labute approximate surface area is 126 Å². The van der Waals surface area contributed by atoms with Crippen LogP contribution in [0.15, 0.2) is 23.1 Å². The highest BCUT2D eigenvalue weighted by Crippen LogP contribution is 2.23. The molecule has 1 aliphatic rings. The van der Waals surface area contributed by atoms with Crippen LogP contribution in [0.4, 0.5) is 0 Å². The maximum Gasteiger partial charge on any atom is 0.241 e. The Kier molecular flexibility index (Phi) is 5.07. The van der Waals surface area contributed by atoms with E-state index in [1.807, 2.05) is 7.05 Å². The smallest absolute Gasteiger partial charge is 0.241 e. The third kappa shape index (κ3) is 3.73. The van der Waals surface area contributed by atoms with Gasteiger partial charge < -0.3 is 5.32 Å². The Morgan fingerprint density at radius 1 is 1.15 bits per heavy atom. The van der Waals surface area contributed by atoms with Crippen molar-refractivity contribution in [2.45, 2.75) is 49.6 Å². The lowest BCUT2D eigenvalue weighted by molar-refractivity contribution is 0.342. The fraction of sp³-hybridized carbons (Fsp3) is 0.571. The Hall–Kier alpha value is -0.620. The lowest BCUT2D eigenvalue weighted by Gasteiger charge is -2.28. The van der Waals surface area contributed by atoms with E-state index in [1.54, 1.807) is 19.1 Å². The van der Waals surface area contributed by atoms with Crippen LogP contribution in [0, 0.1) is 6.92 Å². The molecule has 20 heavy (non-hydrogen) atoms. The number of benzene rings is 1. The number of halogens is 1. The fourth-order valence-electron chi connectivity index (χ4n) is 2.65. The minimum absolute atomic E-state index is 0.0166. The molecule has 0 radical (unpaired) electrons. The molecule has 1 aromatic rings. The number of rotatable bonds is 4. The molecule has 1 saturated carbocycles. The molecule has 6 heteroatoms. The highest BCUT2D eigenvalue weighted by atomic mass is 35.5. The van der Waals surface area contributed by atoms with Crippen molar-refractivity contribution in [1.29, 1.82) is 0 Å². The van der Waals surface area contributed by atoms with Gasteiger partial charge in [0, 0.05) is 17.1 Å². The molecule has 4 nitrogen and oxygen atoms in total. The lowest BCUT2D eigenvalue weighted by atomic mass is 9.92. The predicted octanol–water partition coefficient (Wildman–Crippen LogP) is 2.46. The van der Waals surface area contributed by atoms with Gasteiger partial charge in [0.05, 0.1) is 4.90 Å². The molecule has 1 fully saturated rings. The Balaban J connectivity index is 2.10. The molecule has 1 aliphatic carbocycles. The average molecular weight is 317 g/mol. The zero-order chi connectivity index (χ0) is 14.8. The summed E-state index contributed by atoms with van der Waals surface area (Å²) in [6, 6.07) is 5.47. The second kappa shape index (κ2) is 6.43. The van der Waals surface area contributed by atoms with E-state index in [0.717, 1.165) is 25.7 Å². The molecule has 1 aromatic carbocycles. The van der Waals surface area contributed by atoms with E-state index in [-0.39, 0.29) is 10.9 Å². The predicted molar refractivity (Wildman–Crippen MR) is 81.6 cm³/mol. The van der Waals surface area contributed by atoms with E-state index in [4.69, 9.17) is 11.6 Å². The molecular weight excluding hydrogens is 296 g/mol. The van der Waals surface area contributed by atoms with Gasteiger partial charge in [0.2, 0.25) is 10.0 Å². The van der Waals surface area contributed by atoms with Crippen molar-refractivity contribution in [2.24, 2.45) is 0 Å². The molecule has 0 saturated heterocycles. The first kappa shape index (κ1) is 15.8. The van der Waals surface area contributed by atoms with Crippen LogP contribution in [0.1, 0.15) is 31.2 Å². The first-order valence-electron chi connectivity index (χ1n) is 6.88. The molecule has 0 unspecified atom stereocenters. The number of nitrogens with one attached hydrogen (secondary N) is 2. The molecule has 0 spiro atoms. The summed E-state index contributed by atoms with van der Waals surface area (Å²) in [7, 11) is -1.54. The van der Waals surface area contributed by atoms with Crippen LogP contribution >= 0.6 is 11.6 Å². The van der Waals surface area contributed by atoms with Gasteiger partial charge in [-0.25, -0.2) is 13.1 Å². The normalized spacial score (nSPS) is 23.8. The second-order valence-electron chi connectivity index (χ2n) is 5.37. The summed E-state index contributed by atoms with van der Waals surface area (Å²) in [5.74, 6) is 0. The monoisotopic (exact) mass is 316 g/mol. The molecule has 0 aromatic heterocycles. The molecule has 2 rings (SSSR count). The van der Waals surface area contributed by atoms with Crippen LogP contribution in [0.5, 0.6) is 0 Å². The third-order valence-corrected chi connectivity index (χ3v) is 5.79. The Morgan fingerprint density at radius 3 is 2.35 bits per heavy atom. The summed E-state index contributed by atoms with van der Waals surface area (Å²) in [4.78, 5) is 0.278. The lowest BCUT2D eigenvalue weighted by Crippen LogP contribution is -2.41. The van der Waals surface area contributed by atoms with Crippen LogP contribution in [-0.4, -0.2) is 27.5 Å². The topological polar surface area (TPSA) is 58.2 Å². The number of hydrogen-bond donors (Lipinski definition) is 2. The Bertz CT molecular complexity index is 567. The zero-order valence-corrected chi connectivity index (χ0v) is 13.4.